The highest BCUT2D eigenvalue weighted by molar-refractivity contribution is 6.30. The van der Waals surface area contributed by atoms with E-state index in [-0.39, 0.29) is 18.0 Å². The van der Waals surface area contributed by atoms with E-state index in [2.05, 4.69) is 23.5 Å². The summed E-state index contributed by atoms with van der Waals surface area (Å²) >= 11 is 12.1. The summed E-state index contributed by atoms with van der Waals surface area (Å²) in [7, 11) is 0. The largest absolute Gasteiger partial charge is 0.342 e. The van der Waals surface area contributed by atoms with Crippen molar-refractivity contribution >= 4 is 40.6 Å². The lowest BCUT2D eigenvalue weighted by Crippen LogP contribution is -2.34. The molecule has 0 saturated carbocycles. The summed E-state index contributed by atoms with van der Waals surface area (Å²) in [6, 6.07) is 22.6. The van der Waals surface area contributed by atoms with Gasteiger partial charge in [-0.1, -0.05) is 59.6 Å². The van der Waals surface area contributed by atoms with Crippen LogP contribution in [0.3, 0.4) is 0 Å². The van der Waals surface area contributed by atoms with E-state index in [1.165, 1.54) is 5.56 Å². The van der Waals surface area contributed by atoms with Crippen LogP contribution in [0.4, 0.5) is 10.5 Å². The molecule has 1 aliphatic carbocycles. The minimum Gasteiger partial charge on any atom is -0.306 e. The summed E-state index contributed by atoms with van der Waals surface area (Å²) in [5.74, 6) is 0.136. The third-order valence-corrected chi connectivity index (χ3v) is 6.25. The minimum absolute atomic E-state index is 0.136. The first kappa shape index (κ1) is 19.2. The maximum Gasteiger partial charge on any atom is 0.342 e. The van der Waals surface area contributed by atoms with Gasteiger partial charge in [0, 0.05) is 27.2 Å². The Bertz CT molecular complexity index is 1130. The van der Waals surface area contributed by atoms with E-state index in [4.69, 9.17) is 28.3 Å². The number of carbonyl (C=O) groups is 1. The summed E-state index contributed by atoms with van der Waals surface area (Å²) < 4.78 is 0. The second-order valence-electron chi connectivity index (χ2n) is 7.57. The number of aryl methyl sites for hydroxylation is 1. The van der Waals surface area contributed by atoms with E-state index in [1.54, 1.807) is 29.3 Å². The standard InChI is InChI=1S/C24H19Cl2N3O/c25-17-8-5-16(6-9-17)23-21-14-7-15-3-1-2-4-20(15)22(21)28-29(23)24(30)27-19-12-10-18(26)11-13-19/h1-6,8-13,21,23H,7,14H2,(H,27,30)/t21-,23-/m1/s1. The number of nitrogens with zero attached hydrogens (tertiary/aromatic N) is 2. The second-order valence-corrected chi connectivity index (χ2v) is 8.44. The number of benzene rings is 3. The molecule has 0 spiro atoms. The van der Waals surface area contributed by atoms with Gasteiger partial charge in [0.05, 0.1) is 11.8 Å². The Hall–Kier alpha value is -2.82. The fourth-order valence-corrected chi connectivity index (χ4v) is 4.59. The molecule has 3 aromatic carbocycles. The van der Waals surface area contributed by atoms with Crippen LogP contribution in [-0.2, 0) is 6.42 Å². The SMILES string of the molecule is O=C(Nc1ccc(Cl)cc1)N1N=C2c3ccccc3CC[C@H]2[C@H]1c1ccc(Cl)cc1. The topological polar surface area (TPSA) is 44.7 Å². The summed E-state index contributed by atoms with van der Waals surface area (Å²) in [5.41, 5.74) is 5.09. The van der Waals surface area contributed by atoms with Crippen molar-refractivity contribution in [2.45, 2.75) is 18.9 Å². The van der Waals surface area contributed by atoms with Gasteiger partial charge in [-0.2, -0.15) is 5.10 Å². The molecule has 2 aliphatic rings. The third kappa shape index (κ3) is 3.47. The molecule has 0 unspecified atom stereocenters. The molecule has 0 fully saturated rings. The molecule has 4 nitrogen and oxygen atoms in total. The summed E-state index contributed by atoms with van der Waals surface area (Å²) in [6.45, 7) is 0. The number of anilines is 1. The van der Waals surface area contributed by atoms with Crippen LogP contribution in [0, 0.1) is 5.92 Å². The van der Waals surface area contributed by atoms with Crippen LogP contribution in [0.15, 0.2) is 77.9 Å². The number of rotatable bonds is 2. The Balaban J connectivity index is 1.53. The highest BCUT2D eigenvalue weighted by Crippen LogP contribution is 2.43. The first-order valence-corrected chi connectivity index (χ1v) is 10.6. The lowest BCUT2D eigenvalue weighted by Gasteiger charge is -2.29. The number of amides is 2. The van der Waals surface area contributed by atoms with E-state index in [9.17, 15) is 4.79 Å². The van der Waals surface area contributed by atoms with Gasteiger partial charge in [0.15, 0.2) is 0 Å². The zero-order valence-electron chi connectivity index (χ0n) is 16.1. The monoisotopic (exact) mass is 435 g/mol. The first-order chi connectivity index (χ1) is 14.6. The number of nitrogens with one attached hydrogen (secondary N) is 1. The lowest BCUT2D eigenvalue weighted by atomic mass is 9.77. The fourth-order valence-electron chi connectivity index (χ4n) is 4.34. The van der Waals surface area contributed by atoms with Gasteiger partial charge in [-0.3, -0.25) is 0 Å². The van der Waals surface area contributed by atoms with Crippen LogP contribution in [0.25, 0.3) is 0 Å². The van der Waals surface area contributed by atoms with Crippen molar-refractivity contribution in [3.8, 4) is 0 Å². The molecule has 2 amide bonds. The highest BCUT2D eigenvalue weighted by atomic mass is 35.5. The van der Waals surface area contributed by atoms with Gasteiger partial charge in [-0.05, 0) is 60.4 Å². The number of hydrogen-bond donors (Lipinski definition) is 1. The molecule has 30 heavy (non-hydrogen) atoms. The molecule has 5 rings (SSSR count). The average molecular weight is 436 g/mol. The number of halogens is 2. The predicted molar refractivity (Wildman–Crippen MR) is 121 cm³/mol. The summed E-state index contributed by atoms with van der Waals surface area (Å²) in [4.78, 5) is 13.3. The second kappa shape index (κ2) is 7.78. The van der Waals surface area contributed by atoms with Crippen LogP contribution < -0.4 is 5.32 Å². The molecule has 1 aliphatic heterocycles. The van der Waals surface area contributed by atoms with Crippen molar-refractivity contribution in [2.75, 3.05) is 5.32 Å². The zero-order valence-corrected chi connectivity index (χ0v) is 17.6. The Labute approximate surface area is 185 Å². The van der Waals surface area contributed by atoms with Gasteiger partial charge in [0.2, 0.25) is 0 Å². The summed E-state index contributed by atoms with van der Waals surface area (Å²) in [6.07, 6.45) is 1.91. The summed E-state index contributed by atoms with van der Waals surface area (Å²) in [5, 5.41) is 10.7. The lowest BCUT2D eigenvalue weighted by molar-refractivity contribution is 0.188. The van der Waals surface area contributed by atoms with Gasteiger partial charge in [-0.25, -0.2) is 9.80 Å². The Morgan fingerprint density at radius 2 is 1.60 bits per heavy atom. The molecular weight excluding hydrogens is 417 g/mol. The fraction of sp³-hybridized carbons (Fsp3) is 0.167. The van der Waals surface area contributed by atoms with Gasteiger partial charge in [0.1, 0.15) is 0 Å². The molecule has 0 bridgehead atoms. The van der Waals surface area contributed by atoms with Crippen LogP contribution in [-0.4, -0.2) is 16.8 Å². The maximum absolute atomic E-state index is 13.3. The molecule has 6 heteroatoms. The van der Waals surface area contributed by atoms with Crippen molar-refractivity contribution in [2.24, 2.45) is 11.0 Å². The normalized spacial score (nSPS) is 19.7. The van der Waals surface area contributed by atoms with Gasteiger partial charge < -0.3 is 5.32 Å². The zero-order chi connectivity index (χ0) is 20.7. The minimum atomic E-state index is -0.267. The number of hydrogen-bond acceptors (Lipinski definition) is 2. The third-order valence-electron chi connectivity index (χ3n) is 5.74. The van der Waals surface area contributed by atoms with Gasteiger partial charge >= 0.3 is 6.03 Å². The molecule has 0 radical (unpaired) electrons. The number of fused-ring (bicyclic) bond motifs is 3. The van der Waals surface area contributed by atoms with E-state index in [0.717, 1.165) is 29.7 Å². The molecule has 0 saturated heterocycles. The van der Waals surface area contributed by atoms with Gasteiger partial charge in [-0.15, -0.1) is 0 Å². The Kier molecular flexibility index (Phi) is 4.97. The first-order valence-electron chi connectivity index (χ1n) is 9.88. The number of urea groups is 1. The highest BCUT2D eigenvalue weighted by Gasteiger charge is 2.43. The van der Waals surface area contributed by atoms with Crippen molar-refractivity contribution in [1.82, 2.24) is 5.01 Å². The molecule has 3 aromatic rings. The Morgan fingerprint density at radius 1 is 0.933 bits per heavy atom. The van der Waals surface area contributed by atoms with Gasteiger partial charge in [0.25, 0.3) is 0 Å². The smallest absolute Gasteiger partial charge is 0.306 e. The molecule has 1 heterocycles. The molecule has 150 valence electrons. The van der Waals surface area contributed by atoms with E-state index in [0.29, 0.717) is 15.7 Å². The Morgan fingerprint density at radius 3 is 2.33 bits per heavy atom. The molecule has 2 atom stereocenters. The average Bonchev–Trinajstić information content (AvgIpc) is 3.16. The van der Waals surface area contributed by atoms with Crippen molar-refractivity contribution in [1.29, 1.82) is 0 Å². The van der Waals surface area contributed by atoms with E-state index < -0.39 is 0 Å². The van der Waals surface area contributed by atoms with Crippen LogP contribution in [0.2, 0.25) is 10.0 Å². The van der Waals surface area contributed by atoms with Crippen LogP contribution >= 0.6 is 23.2 Å². The van der Waals surface area contributed by atoms with Crippen LogP contribution in [0.5, 0.6) is 0 Å². The predicted octanol–water partition coefficient (Wildman–Crippen LogP) is 6.55. The van der Waals surface area contributed by atoms with Crippen molar-refractivity contribution < 1.29 is 4.79 Å². The molecule has 0 aromatic heterocycles. The van der Waals surface area contributed by atoms with Crippen molar-refractivity contribution in [3.63, 3.8) is 0 Å². The molecule has 1 N–H and O–H groups in total. The molecular formula is C24H19Cl2N3O. The van der Waals surface area contributed by atoms with Crippen LogP contribution in [0.1, 0.15) is 29.2 Å². The van der Waals surface area contributed by atoms with E-state index in [1.807, 2.05) is 30.3 Å². The quantitative estimate of drug-likeness (QED) is 0.487. The number of hydrazone groups is 1. The van der Waals surface area contributed by atoms with Crippen molar-refractivity contribution in [3.05, 3.63) is 99.5 Å². The van der Waals surface area contributed by atoms with E-state index >= 15 is 0 Å². The number of carbonyl (C=O) groups excluding carboxylic acids is 1. The maximum atomic E-state index is 13.3.